The highest BCUT2D eigenvalue weighted by molar-refractivity contribution is 5.84. The van der Waals surface area contributed by atoms with E-state index in [0.29, 0.717) is 0 Å². The second-order valence-corrected chi connectivity index (χ2v) is 10.5. The van der Waals surface area contributed by atoms with Crippen molar-refractivity contribution in [2.75, 3.05) is 13.2 Å². The lowest BCUT2D eigenvalue weighted by Crippen LogP contribution is -2.58. The third-order valence-corrected chi connectivity index (χ3v) is 6.69. The number of benzene rings is 2. The third kappa shape index (κ3) is 10.3. The van der Waals surface area contributed by atoms with Crippen LogP contribution in [0.25, 0.3) is 0 Å². The quantitative estimate of drug-likeness (QED) is 0.168. The van der Waals surface area contributed by atoms with Gasteiger partial charge in [0, 0.05) is 0 Å². The van der Waals surface area contributed by atoms with Crippen molar-refractivity contribution in [3.63, 3.8) is 0 Å². The molecule has 0 unspecified atom stereocenters. The minimum Gasteiger partial charge on any atom is -0.394 e. The summed E-state index contributed by atoms with van der Waals surface area (Å²) in [5.74, 6) is -1.75. The molecule has 2 aromatic carbocycles. The summed E-state index contributed by atoms with van der Waals surface area (Å²) in [6, 6.07) is 16.7. The lowest BCUT2D eigenvalue weighted by atomic mass is 9.98. The Balaban J connectivity index is 2.33. The Morgan fingerprint density at radius 1 is 0.650 bits per heavy atom. The molecule has 2 aromatic rings. The Labute approximate surface area is 236 Å². The summed E-state index contributed by atoms with van der Waals surface area (Å²) in [5.41, 5.74) is 1.45. The highest BCUT2D eigenvalue weighted by Gasteiger charge is 2.41. The zero-order chi connectivity index (χ0) is 29.7. The molecule has 0 bridgehead atoms. The zero-order valence-corrected chi connectivity index (χ0v) is 23.6. The average molecular weight is 561 g/mol. The number of rotatable bonds is 17. The first-order valence-electron chi connectivity index (χ1n) is 13.6. The van der Waals surface area contributed by atoms with Crippen LogP contribution in [0.1, 0.15) is 38.8 Å². The molecular weight excluding hydrogens is 516 g/mol. The maximum atomic E-state index is 13.3. The standard InChI is InChI=1S/C30H44N2O8/c1-19(2)23(15-33)31-29(37)27(39-17-21-11-7-5-8-12-21)25(35)26(36)28(30(38)32-24(16-34)20(3)4)40-18-22-13-9-6-10-14-22/h5-14,19-20,23-28,33-36H,15-18H2,1-4H3,(H,31,37)(H,32,38)/t23-,24-,25-,26-,27-,28-/m1/s1. The molecule has 0 aliphatic carbocycles. The van der Waals surface area contributed by atoms with Gasteiger partial charge in [-0.25, -0.2) is 0 Å². The van der Waals surface area contributed by atoms with E-state index in [1.807, 2.05) is 39.8 Å². The van der Waals surface area contributed by atoms with E-state index >= 15 is 0 Å². The average Bonchev–Trinajstić information content (AvgIpc) is 2.95. The molecule has 0 aromatic heterocycles. The van der Waals surface area contributed by atoms with E-state index in [0.717, 1.165) is 11.1 Å². The van der Waals surface area contributed by atoms with Crippen molar-refractivity contribution in [2.45, 2.75) is 77.4 Å². The highest BCUT2D eigenvalue weighted by atomic mass is 16.5. The SMILES string of the molecule is CC(C)[C@@H](CO)NC(=O)[C@H](OCc1ccccc1)[C@H](O)[C@@H](O)[C@@H](OCc1ccccc1)C(=O)N[C@H](CO)C(C)C. The van der Waals surface area contributed by atoms with Crippen LogP contribution in [-0.4, -0.2) is 82.0 Å². The second-order valence-electron chi connectivity index (χ2n) is 10.5. The van der Waals surface area contributed by atoms with Gasteiger partial charge >= 0.3 is 0 Å². The molecule has 10 heteroatoms. The predicted molar refractivity (Wildman–Crippen MR) is 150 cm³/mol. The van der Waals surface area contributed by atoms with Gasteiger partial charge in [-0.3, -0.25) is 9.59 Å². The smallest absolute Gasteiger partial charge is 0.252 e. The molecule has 6 N–H and O–H groups in total. The lowest BCUT2D eigenvalue weighted by Gasteiger charge is -2.33. The largest absolute Gasteiger partial charge is 0.394 e. The molecule has 10 nitrogen and oxygen atoms in total. The first-order chi connectivity index (χ1) is 19.1. The highest BCUT2D eigenvalue weighted by Crippen LogP contribution is 2.17. The van der Waals surface area contributed by atoms with Gasteiger partial charge < -0.3 is 40.5 Å². The van der Waals surface area contributed by atoms with Gasteiger partial charge in [-0.05, 0) is 23.0 Å². The van der Waals surface area contributed by atoms with Gasteiger partial charge in [0.15, 0.2) is 12.2 Å². The Morgan fingerprint density at radius 3 is 1.25 bits per heavy atom. The molecule has 0 fully saturated rings. The first-order valence-corrected chi connectivity index (χ1v) is 13.6. The molecule has 2 rings (SSSR count). The van der Waals surface area contributed by atoms with Crippen LogP contribution >= 0.6 is 0 Å². The number of aliphatic hydroxyl groups excluding tert-OH is 4. The monoisotopic (exact) mass is 560 g/mol. The number of hydrogen-bond donors (Lipinski definition) is 6. The molecule has 0 aliphatic rings. The summed E-state index contributed by atoms with van der Waals surface area (Å²) in [6.07, 6.45) is -6.96. The molecule has 0 spiro atoms. The zero-order valence-electron chi connectivity index (χ0n) is 23.6. The van der Waals surface area contributed by atoms with Gasteiger partial charge in [0.05, 0.1) is 38.5 Å². The molecule has 0 saturated carbocycles. The van der Waals surface area contributed by atoms with Crippen molar-refractivity contribution < 1.29 is 39.5 Å². The summed E-state index contributed by atoms with van der Waals surface area (Å²) in [5, 5.41) is 47.3. The summed E-state index contributed by atoms with van der Waals surface area (Å²) >= 11 is 0. The van der Waals surface area contributed by atoms with Gasteiger partial charge in [0.1, 0.15) is 12.2 Å². The number of carbonyl (C=O) groups excluding carboxylic acids is 2. The van der Waals surface area contributed by atoms with Crippen LogP contribution < -0.4 is 10.6 Å². The maximum Gasteiger partial charge on any atom is 0.252 e. The summed E-state index contributed by atoms with van der Waals surface area (Å²) < 4.78 is 11.6. The second kappa shape index (κ2) is 17.1. The van der Waals surface area contributed by atoms with Crippen LogP contribution in [0.3, 0.4) is 0 Å². The predicted octanol–water partition coefficient (Wildman–Crippen LogP) is 1.15. The minimum atomic E-state index is -1.88. The molecule has 2 amide bonds. The maximum absolute atomic E-state index is 13.3. The Bertz CT molecular complexity index is 924. The lowest BCUT2D eigenvalue weighted by molar-refractivity contribution is -0.171. The van der Waals surface area contributed by atoms with E-state index in [9.17, 15) is 30.0 Å². The number of ether oxygens (including phenoxy) is 2. The van der Waals surface area contributed by atoms with E-state index in [1.165, 1.54) is 0 Å². The van der Waals surface area contributed by atoms with Gasteiger partial charge in [-0.2, -0.15) is 0 Å². The summed E-state index contributed by atoms with van der Waals surface area (Å²) in [6.45, 7) is 6.47. The van der Waals surface area contributed by atoms with Gasteiger partial charge in [0.25, 0.3) is 11.8 Å². The van der Waals surface area contributed by atoms with Crippen molar-refractivity contribution in [1.29, 1.82) is 0 Å². The summed E-state index contributed by atoms with van der Waals surface area (Å²) in [7, 11) is 0. The van der Waals surface area contributed by atoms with Crippen LogP contribution in [0.4, 0.5) is 0 Å². The molecule has 0 aliphatic heterocycles. The normalized spacial score (nSPS) is 16.1. The van der Waals surface area contributed by atoms with E-state index in [-0.39, 0.29) is 38.3 Å². The van der Waals surface area contributed by atoms with Gasteiger partial charge in [-0.1, -0.05) is 88.4 Å². The fourth-order valence-corrected chi connectivity index (χ4v) is 3.91. The fraction of sp³-hybridized carbons (Fsp3) is 0.533. The van der Waals surface area contributed by atoms with Crippen molar-refractivity contribution >= 4 is 11.8 Å². The topological polar surface area (TPSA) is 158 Å². The molecule has 0 saturated heterocycles. The first kappa shape index (κ1) is 33.3. The van der Waals surface area contributed by atoms with Crippen molar-refractivity contribution in [3.8, 4) is 0 Å². The van der Waals surface area contributed by atoms with Gasteiger partial charge in [0.2, 0.25) is 0 Å². The molecule has 0 radical (unpaired) electrons. The Morgan fingerprint density at radius 2 is 0.975 bits per heavy atom. The van der Waals surface area contributed by atoms with Crippen LogP contribution in [0.2, 0.25) is 0 Å². The number of carbonyl (C=O) groups is 2. The van der Waals surface area contributed by atoms with Crippen LogP contribution in [0, 0.1) is 11.8 Å². The van der Waals surface area contributed by atoms with Crippen molar-refractivity contribution in [1.82, 2.24) is 10.6 Å². The van der Waals surface area contributed by atoms with E-state index < -0.39 is 48.3 Å². The van der Waals surface area contributed by atoms with Gasteiger partial charge in [-0.15, -0.1) is 0 Å². The van der Waals surface area contributed by atoms with Crippen LogP contribution in [0.15, 0.2) is 60.7 Å². The molecule has 0 heterocycles. The number of amides is 2. The molecule has 222 valence electrons. The minimum absolute atomic E-state index is 0.0597. The molecule has 6 atom stereocenters. The molecular formula is C30H44N2O8. The number of hydrogen-bond acceptors (Lipinski definition) is 8. The van der Waals surface area contributed by atoms with E-state index in [1.54, 1.807) is 48.5 Å². The van der Waals surface area contributed by atoms with Crippen molar-refractivity contribution in [2.24, 2.45) is 11.8 Å². The van der Waals surface area contributed by atoms with E-state index in [4.69, 9.17) is 9.47 Å². The fourth-order valence-electron chi connectivity index (χ4n) is 3.91. The summed E-state index contributed by atoms with van der Waals surface area (Å²) in [4.78, 5) is 26.6. The van der Waals surface area contributed by atoms with Crippen LogP contribution in [0.5, 0.6) is 0 Å². The third-order valence-electron chi connectivity index (χ3n) is 6.69. The number of nitrogens with one attached hydrogen (secondary N) is 2. The van der Waals surface area contributed by atoms with E-state index in [2.05, 4.69) is 10.6 Å². The van der Waals surface area contributed by atoms with Crippen LogP contribution in [-0.2, 0) is 32.3 Å². The Hall–Kier alpha value is -2.86. The number of aliphatic hydroxyl groups is 4. The Kier molecular flexibility index (Phi) is 14.2. The molecule has 40 heavy (non-hydrogen) atoms. The van der Waals surface area contributed by atoms with Crippen molar-refractivity contribution in [3.05, 3.63) is 71.8 Å².